The molecular weight excluding hydrogens is 213 g/mol. The molecule has 0 atom stereocenters. The predicted octanol–water partition coefficient (Wildman–Crippen LogP) is 3.29. The highest BCUT2D eigenvalue weighted by Crippen LogP contribution is 2.32. The fourth-order valence-electron chi connectivity index (χ4n) is 2.30. The van der Waals surface area contributed by atoms with Crippen LogP contribution in [0.4, 0.5) is 4.39 Å². The van der Waals surface area contributed by atoms with E-state index in [9.17, 15) is 4.39 Å². The van der Waals surface area contributed by atoms with Crippen LogP contribution in [-0.2, 0) is 6.42 Å². The molecule has 2 rings (SSSR count). The molecule has 0 unspecified atom stereocenters. The Balaban J connectivity index is 2.16. The van der Waals surface area contributed by atoms with E-state index in [0.717, 1.165) is 24.8 Å². The second-order valence-electron chi connectivity index (χ2n) is 4.48. The van der Waals surface area contributed by atoms with Crippen molar-refractivity contribution in [2.45, 2.75) is 37.6 Å². The van der Waals surface area contributed by atoms with Gasteiger partial charge in [0.15, 0.2) is 0 Å². The molecule has 0 amide bonds. The molecule has 3 heteroatoms. The Morgan fingerprint density at radius 2 is 2.00 bits per heavy atom. The van der Waals surface area contributed by atoms with Gasteiger partial charge in [0.25, 0.3) is 0 Å². The lowest BCUT2D eigenvalue weighted by molar-refractivity contribution is 0.436. The van der Waals surface area contributed by atoms with Gasteiger partial charge in [-0.05, 0) is 37.0 Å². The van der Waals surface area contributed by atoms with Gasteiger partial charge >= 0.3 is 0 Å². The Morgan fingerprint density at radius 1 is 1.33 bits per heavy atom. The molecule has 82 valence electrons. The Labute approximate surface area is 94.4 Å². The Bertz CT molecular complexity index is 359. The molecule has 1 aliphatic rings. The zero-order valence-corrected chi connectivity index (χ0v) is 9.36. The van der Waals surface area contributed by atoms with Gasteiger partial charge in [-0.1, -0.05) is 30.5 Å². The molecule has 1 aromatic rings. The van der Waals surface area contributed by atoms with Crippen molar-refractivity contribution in [3.8, 4) is 0 Å². The molecule has 1 aliphatic carbocycles. The highest BCUT2D eigenvalue weighted by atomic mass is 35.5. The number of halogens is 2. The minimum atomic E-state index is -0.291. The number of nitrogens with two attached hydrogens (primary N) is 1. The Kier molecular flexibility index (Phi) is 2.98. The van der Waals surface area contributed by atoms with Gasteiger partial charge in [-0.15, -0.1) is 0 Å². The van der Waals surface area contributed by atoms with Crippen molar-refractivity contribution < 1.29 is 4.39 Å². The molecule has 0 heterocycles. The monoisotopic (exact) mass is 227 g/mol. The zero-order chi connectivity index (χ0) is 10.9. The lowest BCUT2D eigenvalue weighted by atomic mass is 9.90. The predicted molar refractivity (Wildman–Crippen MR) is 60.5 cm³/mol. The van der Waals surface area contributed by atoms with Crippen molar-refractivity contribution >= 4 is 11.6 Å². The van der Waals surface area contributed by atoms with Crippen LogP contribution < -0.4 is 5.73 Å². The smallest absolute Gasteiger partial charge is 0.124 e. The van der Waals surface area contributed by atoms with Gasteiger partial charge in [-0.25, -0.2) is 4.39 Å². The van der Waals surface area contributed by atoms with Crippen molar-refractivity contribution in [1.29, 1.82) is 0 Å². The second kappa shape index (κ2) is 4.11. The van der Waals surface area contributed by atoms with E-state index >= 15 is 0 Å². The summed E-state index contributed by atoms with van der Waals surface area (Å²) in [6.07, 6.45) is 5.22. The van der Waals surface area contributed by atoms with E-state index in [0.29, 0.717) is 5.02 Å². The number of hydrogen-bond acceptors (Lipinski definition) is 1. The summed E-state index contributed by atoms with van der Waals surface area (Å²) in [5, 5.41) is 0.492. The summed E-state index contributed by atoms with van der Waals surface area (Å²) in [6.45, 7) is 0. The first kappa shape index (κ1) is 10.9. The van der Waals surface area contributed by atoms with Crippen LogP contribution in [0, 0.1) is 5.82 Å². The van der Waals surface area contributed by atoms with Crippen LogP contribution in [0.5, 0.6) is 0 Å². The summed E-state index contributed by atoms with van der Waals surface area (Å²) in [5.41, 5.74) is 7.08. The van der Waals surface area contributed by atoms with Crippen LogP contribution in [0.15, 0.2) is 18.2 Å². The molecule has 0 radical (unpaired) electrons. The van der Waals surface area contributed by atoms with Gasteiger partial charge in [0.2, 0.25) is 0 Å². The fraction of sp³-hybridized carbons (Fsp3) is 0.500. The average Bonchev–Trinajstić information content (AvgIpc) is 2.58. The molecule has 15 heavy (non-hydrogen) atoms. The molecule has 1 nitrogen and oxygen atoms in total. The van der Waals surface area contributed by atoms with E-state index in [1.807, 2.05) is 0 Å². The Morgan fingerprint density at radius 3 is 2.60 bits per heavy atom. The van der Waals surface area contributed by atoms with Gasteiger partial charge in [0, 0.05) is 10.6 Å². The van der Waals surface area contributed by atoms with Crippen LogP contribution >= 0.6 is 11.6 Å². The van der Waals surface area contributed by atoms with Gasteiger partial charge in [-0.2, -0.15) is 0 Å². The summed E-state index contributed by atoms with van der Waals surface area (Å²) in [6, 6.07) is 4.54. The lowest BCUT2D eigenvalue weighted by Gasteiger charge is -2.24. The van der Waals surface area contributed by atoms with E-state index in [-0.39, 0.29) is 11.4 Å². The summed E-state index contributed by atoms with van der Waals surface area (Å²) < 4.78 is 12.8. The maximum atomic E-state index is 12.8. The topological polar surface area (TPSA) is 26.0 Å². The van der Waals surface area contributed by atoms with Crippen molar-refractivity contribution in [2.24, 2.45) is 5.73 Å². The molecular formula is C12H15ClFN. The number of benzene rings is 1. The second-order valence-corrected chi connectivity index (χ2v) is 4.89. The molecule has 0 aromatic heterocycles. The largest absolute Gasteiger partial charge is 0.325 e. The third-order valence-corrected chi connectivity index (χ3v) is 3.51. The normalized spacial score (nSPS) is 19.4. The van der Waals surface area contributed by atoms with Crippen molar-refractivity contribution in [2.75, 3.05) is 0 Å². The summed E-state index contributed by atoms with van der Waals surface area (Å²) in [5.74, 6) is -0.291. The van der Waals surface area contributed by atoms with Crippen molar-refractivity contribution in [3.63, 3.8) is 0 Å². The first-order chi connectivity index (χ1) is 7.09. The van der Waals surface area contributed by atoms with Crippen LogP contribution in [0.25, 0.3) is 0 Å². The summed E-state index contributed by atoms with van der Waals surface area (Å²) >= 11 is 5.97. The van der Waals surface area contributed by atoms with Gasteiger partial charge < -0.3 is 5.73 Å². The first-order valence-corrected chi connectivity index (χ1v) is 5.70. The van der Waals surface area contributed by atoms with Gasteiger partial charge in [0.05, 0.1) is 0 Å². The average molecular weight is 228 g/mol. The minimum Gasteiger partial charge on any atom is -0.325 e. The van der Waals surface area contributed by atoms with E-state index in [4.69, 9.17) is 17.3 Å². The third kappa shape index (κ3) is 2.50. The van der Waals surface area contributed by atoms with E-state index in [1.54, 1.807) is 6.07 Å². The zero-order valence-electron chi connectivity index (χ0n) is 8.60. The van der Waals surface area contributed by atoms with Crippen LogP contribution in [0.3, 0.4) is 0 Å². The number of rotatable bonds is 2. The standard InChI is InChI=1S/C12H15ClFN/c13-11-7-10(14)4-3-9(11)8-12(15)5-1-2-6-12/h3-4,7H,1-2,5-6,8,15H2. The number of hydrogen-bond donors (Lipinski definition) is 1. The third-order valence-electron chi connectivity index (χ3n) is 3.16. The minimum absolute atomic E-state index is 0.124. The molecule has 1 aromatic carbocycles. The van der Waals surface area contributed by atoms with Gasteiger partial charge in [0.1, 0.15) is 5.82 Å². The van der Waals surface area contributed by atoms with Crippen molar-refractivity contribution in [1.82, 2.24) is 0 Å². The van der Waals surface area contributed by atoms with Crippen LogP contribution in [0.1, 0.15) is 31.2 Å². The van der Waals surface area contributed by atoms with E-state index in [1.165, 1.54) is 25.0 Å². The summed E-state index contributed by atoms with van der Waals surface area (Å²) in [4.78, 5) is 0. The van der Waals surface area contributed by atoms with Crippen LogP contribution in [0.2, 0.25) is 5.02 Å². The molecule has 2 N–H and O–H groups in total. The maximum absolute atomic E-state index is 12.8. The molecule has 1 fully saturated rings. The fourth-order valence-corrected chi connectivity index (χ4v) is 2.53. The molecule has 0 aliphatic heterocycles. The molecule has 0 bridgehead atoms. The SMILES string of the molecule is NC1(Cc2ccc(F)cc2Cl)CCCC1. The van der Waals surface area contributed by atoms with E-state index < -0.39 is 0 Å². The lowest BCUT2D eigenvalue weighted by Crippen LogP contribution is -2.38. The highest BCUT2D eigenvalue weighted by molar-refractivity contribution is 6.31. The molecule has 0 saturated heterocycles. The van der Waals surface area contributed by atoms with Gasteiger partial charge in [-0.3, -0.25) is 0 Å². The van der Waals surface area contributed by atoms with Crippen LogP contribution in [-0.4, -0.2) is 5.54 Å². The molecule has 1 saturated carbocycles. The van der Waals surface area contributed by atoms with E-state index in [2.05, 4.69) is 0 Å². The summed E-state index contributed by atoms with van der Waals surface area (Å²) in [7, 11) is 0. The maximum Gasteiger partial charge on any atom is 0.124 e. The first-order valence-electron chi connectivity index (χ1n) is 5.32. The highest BCUT2D eigenvalue weighted by Gasteiger charge is 2.29. The Hall–Kier alpha value is -0.600. The van der Waals surface area contributed by atoms with Crippen molar-refractivity contribution in [3.05, 3.63) is 34.6 Å². The molecule has 0 spiro atoms. The quantitative estimate of drug-likeness (QED) is 0.825.